The number of nitrogens with one attached hydrogen (secondary N) is 1. The predicted molar refractivity (Wildman–Crippen MR) is 102 cm³/mol. The maximum absolute atomic E-state index is 13.6. The standard InChI is InChI=1S/C22H36N2O2/c1-2-3-4-5-8-23-20(25)19-7-6-9-24(19)21(26)22-13-16-10-17(14-22)12-18(11-16)15-22/h16-19H,2-15H2,1H3,(H,23,25)/t16?,17?,18?,19-,22?/m1/s1. The van der Waals surface area contributed by atoms with Crippen LogP contribution in [-0.4, -0.2) is 35.8 Å². The van der Waals surface area contributed by atoms with E-state index in [0.717, 1.165) is 69.4 Å². The third kappa shape index (κ3) is 3.41. The van der Waals surface area contributed by atoms with Gasteiger partial charge in [0, 0.05) is 13.1 Å². The number of unbranched alkanes of at least 4 members (excludes halogenated alkanes) is 3. The van der Waals surface area contributed by atoms with Crippen LogP contribution in [0.1, 0.15) is 84.0 Å². The first-order valence-corrected chi connectivity index (χ1v) is 11.2. The lowest BCUT2D eigenvalue weighted by Gasteiger charge is -2.56. The van der Waals surface area contributed by atoms with E-state index in [2.05, 4.69) is 12.2 Å². The molecule has 5 fully saturated rings. The second-order valence-corrected chi connectivity index (χ2v) is 9.71. The number of carbonyl (C=O) groups excluding carboxylic acids is 2. The number of rotatable bonds is 7. The fourth-order valence-corrected chi connectivity index (χ4v) is 6.84. The van der Waals surface area contributed by atoms with Gasteiger partial charge in [-0.25, -0.2) is 0 Å². The summed E-state index contributed by atoms with van der Waals surface area (Å²) >= 11 is 0. The zero-order valence-electron chi connectivity index (χ0n) is 16.5. The Morgan fingerprint density at radius 2 is 1.65 bits per heavy atom. The van der Waals surface area contributed by atoms with Crippen molar-refractivity contribution in [2.24, 2.45) is 23.2 Å². The number of hydrogen-bond acceptors (Lipinski definition) is 2. The van der Waals surface area contributed by atoms with Crippen LogP contribution in [0, 0.1) is 23.2 Å². The normalized spacial score (nSPS) is 38.0. The number of hydrogen-bond donors (Lipinski definition) is 1. The number of nitrogens with zero attached hydrogens (tertiary/aromatic N) is 1. The largest absolute Gasteiger partial charge is 0.354 e. The van der Waals surface area contributed by atoms with Crippen LogP contribution in [0.2, 0.25) is 0 Å². The Labute approximate surface area is 158 Å². The van der Waals surface area contributed by atoms with Gasteiger partial charge in [-0.1, -0.05) is 26.2 Å². The number of amides is 2. The van der Waals surface area contributed by atoms with Crippen molar-refractivity contribution in [3.63, 3.8) is 0 Å². The molecular formula is C22H36N2O2. The van der Waals surface area contributed by atoms with Crippen LogP contribution in [-0.2, 0) is 9.59 Å². The first-order valence-electron chi connectivity index (χ1n) is 11.2. The molecule has 146 valence electrons. The van der Waals surface area contributed by atoms with Gasteiger partial charge in [0.2, 0.25) is 11.8 Å². The van der Waals surface area contributed by atoms with Crippen LogP contribution in [0.15, 0.2) is 0 Å². The van der Waals surface area contributed by atoms with Gasteiger partial charge in [-0.3, -0.25) is 9.59 Å². The fourth-order valence-electron chi connectivity index (χ4n) is 6.84. The van der Waals surface area contributed by atoms with Gasteiger partial charge in [0.15, 0.2) is 0 Å². The van der Waals surface area contributed by atoms with E-state index >= 15 is 0 Å². The van der Waals surface area contributed by atoms with Crippen LogP contribution < -0.4 is 5.32 Å². The molecule has 26 heavy (non-hydrogen) atoms. The molecule has 4 saturated carbocycles. The Balaban J connectivity index is 1.37. The topological polar surface area (TPSA) is 49.4 Å². The van der Waals surface area contributed by atoms with Gasteiger partial charge in [-0.15, -0.1) is 0 Å². The molecule has 1 heterocycles. The van der Waals surface area contributed by atoms with Crippen molar-refractivity contribution in [1.82, 2.24) is 10.2 Å². The van der Waals surface area contributed by atoms with Crippen LogP contribution in [0.5, 0.6) is 0 Å². The molecule has 0 spiro atoms. The minimum absolute atomic E-state index is 0.0945. The van der Waals surface area contributed by atoms with Gasteiger partial charge < -0.3 is 10.2 Å². The van der Waals surface area contributed by atoms with Crippen molar-refractivity contribution in [2.75, 3.05) is 13.1 Å². The molecule has 1 aliphatic heterocycles. The van der Waals surface area contributed by atoms with Crippen LogP contribution >= 0.6 is 0 Å². The molecule has 1 atom stereocenters. The van der Waals surface area contributed by atoms with E-state index < -0.39 is 0 Å². The van der Waals surface area contributed by atoms with Crippen molar-refractivity contribution in [2.45, 2.75) is 90.0 Å². The Morgan fingerprint density at radius 1 is 1.00 bits per heavy atom. The van der Waals surface area contributed by atoms with Gasteiger partial charge in [0.1, 0.15) is 6.04 Å². The molecule has 0 aromatic rings. The Kier molecular flexibility index (Phi) is 5.29. The van der Waals surface area contributed by atoms with Crippen LogP contribution in [0.3, 0.4) is 0 Å². The van der Waals surface area contributed by atoms with Gasteiger partial charge in [-0.05, 0) is 75.5 Å². The van der Waals surface area contributed by atoms with E-state index in [9.17, 15) is 9.59 Å². The van der Waals surface area contributed by atoms with Gasteiger partial charge in [-0.2, -0.15) is 0 Å². The number of likely N-dealkylation sites (tertiary alicyclic amines) is 1. The molecule has 0 radical (unpaired) electrons. The molecule has 4 aliphatic carbocycles. The quantitative estimate of drug-likeness (QED) is 0.700. The summed E-state index contributed by atoms with van der Waals surface area (Å²) in [6, 6.07) is -0.207. The molecule has 1 saturated heterocycles. The molecule has 2 amide bonds. The van der Waals surface area contributed by atoms with E-state index in [4.69, 9.17) is 0 Å². The second kappa shape index (κ2) is 7.52. The van der Waals surface area contributed by atoms with Crippen molar-refractivity contribution in [3.8, 4) is 0 Å². The highest BCUT2D eigenvalue weighted by molar-refractivity contribution is 5.91. The van der Waals surface area contributed by atoms with E-state index in [1.54, 1.807) is 0 Å². The third-order valence-electron chi connectivity index (χ3n) is 7.64. The summed E-state index contributed by atoms with van der Waals surface area (Å²) < 4.78 is 0. The minimum atomic E-state index is -0.207. The maximum Gasteiger partial charge on any atom is 0.242 e. The highest BCUT2D eigenvalue weighted by atomic mass is 16.2. The molecular weight excluding hydrogens is 324 g/mol. The van der Waals surface area contributed by atoms with E-state index in [0.29, 0.717) is 5.91 Å². The van der Waals surface area contributed by atoms with Gasteiger partial charge >= 0.3 is 0 Å². The van der Waals surface area contributed by atoms with E-state index in [1.807, 2.05) is 4.90 Å². The summed E-state index contributed by atoms with van der Waals surface area (Å²) in [5.41, 5.74) is -0.112. The molecule has 0 aromatic carbocycles. The zero-order chi connectivity index (χ0) is 18.1. The maximum atomic E-state index is 13.6. The SMILES string of the molecule is CCCCCCNC(=O)[C@H]1CCCN1C(=O)C12CC3CC(CC(C3)C1)C2. The first kappa shape index (κ1) is 18.3. The fraction of sp³-hybridized carbons (Fsp3) is 0.909. The Bertz CT molecular complexity index is 509. The average molecular weight is 361 g/mol. The summed E-state index contributed by atoms with van der Waals surface area (Å²) in [5.74, 6) is 2.76. The molecule has 4 nitrogen and oxygen atoms in total. The average Bonchev–Trinajstić information content (AvgIpc) is 3.09. The lowest BCUT2D eigenvalue weighted by Crippen LogP contribution is -2.57. The monoisotopic (exact) mass is 360 g/mol. The lowest BCUT2D eigenvalue weighted by molar-refractivity contribution is -0.160. The molecule has 0 aromatic heterocycles. The molecule has 4 bridgehead atoms. The molecule has 0 unspecified atom stereocenters. The lowest BCUT2D eigenvalue weighted by atomic mass is 9.49. The summed E-state index contributed by atoms with van der Waals surface area (Å²) in [4.78, 5) is 28.3. The zero-order valence-corrected chi connectivity index (χ0v) is 16.5. The molecule has 4 heteroatoms. The summed E-state index contributed by atoms with van der Waals surface area (Å²) in [6.07, 6.45) is 13.9. The van der Waals surface area contributed by atoms with E-state index in [-0.39, 0.29) is 17.4 Å². The van der Waals surface area contributed by atoms with E-state index in [1.165, 1.54) is 38.5 Å². The highest BCUT2D eigenvalue weighted by Gasteiger charge is 2.56. The van der Waals surface area contributed by atoms with Crippen LogP contribution in [0.25, 0.3) is 0 Å². The smallest absolute Gasteiger partial charge is 0.242 e. The summed E-state index contributed by atoms with van der Waals surface area (Å²) in [6.45, 7) is 3.74. The van der Waals surface area contributed by atoms with Crippen molar-refractivity contribution in [1.29, 1.82) is 0 Å². The van der Waals surface area contributed by atoms with Crippen molar-refractivity contribution >= 4 is 11.8 Å². The first-order chi connectivity index (χ1) is 12.6. The third-order valence-corrected chi connectivity index (χ3v) is 7.64. The summed E-state index contributed by atoms with van der Waals surface area (Å²) in [7, 11) is 0. The van der Waals surface area contributed by atoms with Gasteiger partial charge in [0.05, 0.1) is 5.41 Å². The minimum Gasteiger partial charge on any atom is -0.354 e. The summed E-state index contributed by atoms with van der Waals surface area (Å²) in [5, 5.41) is 3.11. The molecule has 5 rings (SSSR count). The predicted octanol–water partition coefficient (Wildman–Crippen LogP) is 3.89. The molecule has 5 aliphatic rings. The highest BCUT2D eigenvalue weighted by Crippen LogP contribution is 2.60. The van der Waals surface area contributed by atoms with Crippen molar-refractivity contribution < 1.29 is 9.59 Å². The van der Waals surface area contributed by atoms with Crippen LogP contribution in [0.4, 0.5) is 0 Å². The Morgan fingerprint density at radius 3 is 2.27 bits per heavy atom. The molecule has 1 N–H and O–H groups in total. The number of carbonyl (C=O) groups is 2. The van der Waals surface area contributed by atoms with Crippen molar-refractivity contribution in [3.05, 3.63) is 0 Å². The Hall–Kier alpha value is -1.06. The van der Waals surface area contributed by atoms with Gasteiger partial charge in [0.25, 0.3) is 0 Å². The second-order valence-electron chi connectivity index (χ2n) is 9.71.